The Kier molecular flexibility index (Phi) is 6.14. The summed E-state index contributed by atoms with van der Waals surface area (Å²) in [6, 6.07) is 0.673. The molecule has 2 aliphatic rings. The summed E-state index contributed by atoms with van der Waals surface area (Å²) < 4.78 is 0. The number of nitrogens with one attached hydrogen (secondary N) is 2. The van der Waals surface area contributed by atoms with Crippen molar-refractivity contribution in [1.29, 1.82) is 0 Å². The van der Waals surface area contributed by atoms with Gasteiger partial charge in [-0.2, -0.15) is 0 Å². The van der Waals surface area contributed by atoms with Crippen molar-refractivity contribution < 1.29 is 9.90 Å². The number of rotatable bonds is 4. The van der Waals surface area contributed by atoms with E-state index in [0.29, 0.717) is 30.5 Å². The van der Waals surface area contributed by atoms with Crippen molar-refractivity contribution in [2.75, 3.05) is 6.61 Å². The lowest BCUT2D eigenvalue weighted by molar-refractivity contribution is 0.172. The first-order valence-electron chi connectivity index (χ1n) is 8.40. The molecule has 116 valence electrons. The maximum absolute atomic E-state index is 12.1. The molecule has 4 nitrogen and oxygen atoms in total. The molecule has 0 bridgehead atoms. The molecule has 0 saturated heterocycles. The summed E-state index contributed by atoms with van der Waals surface area (Å²) in [6.07, 6.45) is 10.2. The van der Waals surface area contributed by atoms with Gasteiger partial charge in [0.05, 0.1) is 0 Å². The monoisotopic (exact) mass is 282 g/mol. The first-order valence-corrected chi connectivity index (χ1v) is 8.40. The quantitative estimate of drug-likeness (QED) is 0.742. The first-order chi connectivity index (χ1) is 9.72. The topological polar surface area (TPSA) is 61.4 Å². The van der Waals surface area contributed by atoms with Crippen molar-refractivity contribution >= 4 is 6.03 Å². The van der Waals surface area contributed by atoms with Crippen molar-refractivity contribution in [3.8, 4) is 0 Å². The Hall–Kier alpha value is -0.770. The Morgan fingerprint density at radius 3 is 2.40 bits per heavy atom. The molecular formula is C16H30N2O2. The van der Waals surface area contributed by atoms with Crippen LogP contribution in [0, 0.1) is 11.8 Å². The molecule has 0 spiro atoms. The van der Waals surface area contributed by atoms with Gasteiger partial charge in [0.1, 0.15) is 0 Å². The zero-order valence-electron chi connectivity index (χ0n) is 12.7. The molecule has 3 N–H and O–H groups in total. The fourth-order valence-electron chi connectivity index (χ4n) is 3.77. The Morgan fingerprint density at radius 1 is 1.05 bits per heavy atom. The van der Waals surface area contributed by atoms with Crippen molar-refractivity contribution in [1.82, 2.24) is 10.6 Å². The molecule has 0 aromatic carbocycles. The van der Waals surface area contributed by atoms with E-state index in [1.165, 1.54) is 19.3 Å². The minimum absolute atomic E-state index is 0.0165. The normalized spacial score (nSPS) is 34.5. The van der Waals surface area contributed by atoms with Gasteiger partial charge in [-0.05, 0) is 50.4 Å². The minimum Gasteiger partial charge on any atom is -0.396 e. The summed E-state index contributed by atoms with van der Waals surface area (Å²) in [7, 11) is 0. The number of carbonyl (C=O) groups is 1. The SMILES string of the molecule is CCC1CCCCC1NC(=O)NC1CCC(CO)CC1. The number of aliphatic hydroxyl groups excluding tert-OH is 1. The van der Waals surface area contributed by atoms with Crippen LogP contribution < -0.4 is 10.6 Å². The predicted octanol–water partition coefficient (Wildman–Crippen LogP) is 2.81. The summed E-state index contributed by atoms with van der Waals surface area (Å²) in [4.78, 5) is 12.1. The van der Waals surface area contributed by atoms with Gasteiger partial charge in [0.15, 0.2) is 0 Å². The second-order valence-electron chi connectivity index (χ2n) is 6.58. The van der Waals surface area contributed by atoms with Crippen LogP contribution in [0.5, 0.6) is 0 Å². The molecule has 0 aromatic heterocycles. The number of carbonyl (C=O) groups excluding carboxylic acids is 1. The summed E-state index contributed by atoms with van der Waals surface area (Å²) in [6.45, 7) is 2.51. The van der Waals surface area contributed by atoms with Crippen molar-refractivity contribution in [2.45, 2.75) is 76.8 Å². The van der Waals surface area contributed by atoms with Crippen LogP contribution in [0.1, 0.15) is 64.7 Å². The third kappa shape index (κ3) is 4.37. The molecular weight excluding hydrogens is 252 g/mol. The molecule has 20 heavy (non-hydrogen) atoms. The minimum atomic E-state index is 0.0165. The second-order valence-corrected chi connectivity index (χ2v) is 6.58. The molecule has 2 saturated carbocycles. The van der Waals surface area contributed by atoms with Crippen molar-refractivity contribution in [3.63, 3.8) is 0 Å². The van der Waals surface area contributed by atoms with E-state index >= 15 is 0 Å². The average Bonchev–Trinajstić information content (AvgIpc) is 2.48. The van der Waals surface area contributed by atoms with Gasteiger partial charge in [0.25, 0.3) is 0 Å². The van der Waals surface area contributed by atoms with Crippen LogP contribution >= 0.6 is 0 Å². The average molecular weight is 282 g/mol. The highest BCUT2D eigenvalue weighted by molar-refractivity contribution is 5.74. The van der Waals surface area contributed by atoms with E-state index in [9.17, 15) is 4.79 Å². The maximum Gasteiger partial charge on any atom is 0.315 e. The van der Waals surface area contributed by atoms with Gasteiger partial charge in [-0.1, -0.05) is 26.2 Å². The fraction of sp³-hybridized carbons (Fsp3) is 0.938. The number of hydrogen-bond donors (Lipinski definition) is 3. The van der Waals surface area contributed by atoms with Crippen molar-refractivity contribution in [3.05, 3.63) is 0 Å². The maximum atomic E-state index is 12.1. The van der Waals surface area contributed by atoms with E-state index in [-0.39, 0.29) is 6.03 Å². The van der Waals surface area contributed by atoms with Crippen LogP contribution in [-0.4, -0.2) is 29.8 Å². The number of hydrogen-bond acceptors (Lipinski definition) is 2. The van der Waals surface area contributed by atoms with Gasteiger partial charge < -0.3 is 15.7 Å². The smallest absolute Gasteiger partial charge is 0.315 e. The van der Waals surface area contributed by atoms with E-state index in [0.717, 1.165) is 38.5 Å². The lowest BCUT2D eigenvalue weighted by atomic mass is 9.83. The van der Waals surface area contributed by atoms with Gasteiger partial charge in [-0.3, -0.25) is 0 Å². The highest BCUT2D eigenvalue weighted by Gasteiger charge is 2.26. The van der Waals surface area contributed by atoms with E-state index < -0.39 is 0 Å². The molecule has 2 unspecified atom stereocenters. The van der Waals surface area contributed by atoms with E-state index in [1.54, 1.807) is 0 Å². The lowest BCUT2D eigenvalue weighted by Crippen LogP contribution is -2.50. The molecule has 0 radical (unpaired) electrons. The summed E-state index contributed by atoms with van der Waals surface area (Å²) in [5.74, 6) is 1.10. The first kappa shape index (κ1) is 15.6. The molecule has 0 aliphatic heterocycles. The zero-order valence-corrected chi connectivity index (χ0v) is 12.7. The van der Waals surface area contributed by atoms with Crippen LogP contribution in [-0.2, 0) is 0 Å². The summed E-state index contributed by atoms with van der Waals surface area (Å²) in [5.41, 5.74) is 0. The van der Waals surface area contributed by atoms with E-state index in [2.05, 4.69) is 17.6 Å². The van der Waals surface area contributed by atoms with Crippen LogP contribution in [0.15, 0.2) is 0 Å². The van der Waals surface area contributed by atoms with Crippen LogP contribution in [0.25, 0.3) is 0 Å². The Balaban J connectivity index is 1.72. The summed E-state index contributed by atoms with van der Waals surface area (Å²) >= 11 is 0. The predicted molar refractivity (Wildman–Crippen MR) is 80.5 cm³/mol. The Labute approximate surface area is 122 Å². The van der Waals surface area contributed by atoms with E-state index in [1.807, 2.05) is 0 Å². The standard InChI is InChI=1S/C16H30N2O2/c1-2-13-5-3-4-6-15(13)18-16(20)17-14-9-7-12(11-19)8-10-14/h12-15,19H,2-11H2,1H3,(H2,17,18,20). The highest BCUT2D eigenvalue weighted by atomic mass is 16.3. The third-order valence-corrected chi connectivity index (χ3v) is 5.19. The van der Waals surface area contributed by atoms with E-state index in [4.69, 9.17) is 5.11 Å². The third-order valence-electron chi connectivity index (χ3n) is 5.19. The zero-order chi connectivity index (χ0) is 14.4. The fourth-order valence-corrected chi connectivity index (χ4v) is 3.77. The molecule has 2 atom stereocenters. The molecule has 2 aliphatic carbocycles. The molecule has 2 fully saturated rings. The second kappa shape index (κ2) is 7.87. The Bertz CT molecular complexity index is 301. The van der Waals surface area contributed by atoms with Crippen molar-refractivity contribution in [2.24, 2.45) is 11.8 Å². The largest absolute Gasteiger partial charge is 0.396 e. The molecule has 0 aromatic rings. The lowest BCUT2D eigenvalue weighted by Gasteiger charge is -2.33. The molecule has 4 heteroatoms. The van der Waals surface area contributed by atoms with Crippen LogP contribution in [0.4, 0.5) is 4.79 Å². The molecule has 0 heterocycles. The number of aliphatic hydroxyl groups is 1. The highest BCUT2D eigenvalue weighted by Crippen LogP contribution is 2.27. The van der Waals surface area contributed by atoms with Gasteiger partial charge >= 0.3 is 6.03 Å². The van der Waals surface area contributed by atoms with Crippen LogP contribution in [0.2, 0.25) is 0 Å². The van der Waals surface area contributed by atoms with Gasteiger partial charge in [0.2, 0.25) is 0 Å². The molecule has 2 amide bonds. The Morgan fingerprint density at radius 2 is 1.75 bits per heavy atom. The number of amides is 2. The number of urea groups is 1. The van der Waals surface area contributed by atoms with Gasteiger partial charge in [-0.15, -0.1) is 0 Å². The summed E-state index contributed by atoms with van der Waals surface area (Å²) in [5, 5.41) is 15.4. The van der Waals surface area contributed by atoms with Crippen LogP contribution in [0.3, 0.4) is 0 Å². The molecule has 2 rings (SSSR count). The van der Waals surface area contributed by atoms with Gasteiger partial charge in [-0.25, -0.2) is 4.79 Å². The van der Waals surface area contributed by atoms with Gasteiger partial charge in [0, 0.05) is 18.7 Å².